The molecule has 0 saturated carbocycles. The SMILES string of the molecule is COc1cc(NC2CCCSC2)c(Br)cc1Br. The van der Waals surface area contributed by atoms with Crippen molar-refractivity contribution < 1.29 is 4.74 Å². The fourth-order valence-corrected chi connectivity index (χ4v) is 4.21. The van der Waals surface area contributed by atoms with Gasteiger partial charge in [-0.25, -0.2) is 0 Å². The summed E-state index contributed by atoms with van der Waals surface area (Å²) in [7, 11) is 1.69. The predicted molar refractivity (Wildman–Crippen MR) is 82.4 cm³/mol. The van der Waals surface area contributed by atoms with Gasteiger partial charge < -0.3 is 10.1 Å². The third-order valence-corrected chi connectivity index (χ3v) is 5.25. The topological polar surface area (TPSA) is 21.3 Å². The smallest absolute Gasteiger partial charge is 0.135 e. The average molecular weight is 381 g/mol. The van der Waals surface area contributed by atoms with Gasteiger partial charge in [-0.05, 0) is 56.5 Å². The minimum atomic E-state index is 0.566. The van der Waals surface area contributed by atoms with Crippen LogP contribution in [0, 0.1) is 0 Å². The molecule has 1 unspecified atom stereocenters. The van der Waals surface area contributed by atoms with E-state index >= 15 is 0 Å². The number of benzene rings is 1. The first-order chi connectivity index (χ1) is 8.20. The molecule has 2 rings (SSSR count). The fraction of sp³-hybridized carbons (Fsp3) is 0.500. The standard InChI is InChI=1S/C12H15Br2NOS/c1-16-12-6-11(9(13)5-10(12)14)15-8-3-2-4-17-7-8/h5-6,8,15H,2-4,7H2,1H3. The Morgan fingerprint density at radius 1 is 1.35 bits per heavy atom. The summed E-state index contributed by atoms with van der Waals surface area (Å²) in [4.78, 5) is 0. The van der Waals surface area contributed by atoms with Crippen molar-refractivity contribution in [2.24, 2.45) is 0 Å². The van der Waals surface area contributed by atoms with Gasteiger partial charge in [-0.1, -0.05) is 0 Å². The van der Waals surface area contributed by atoms with E-state index in [0.717, 1.165) is 20.4 Å². The molecule has 0 bridgehead atoms. The molecule has 1 aromatic rings. The number of rotatable bonds is 3. The third-order valence-electron chi connectivity index (χ3n) is 2.76. The van der Waals surface area contributed by atoms with Crippen LogP contribution in [0.25, 0.3) is 0 Å². The Labute approximate surface area is 123 Å². The lowest BCUT2D eigenvalue weighted by molar-refractivity contribution is 0.412. The Kier molecular flexibility index (Phi) is 5.06. The summed E-state index contributed by atoms with van der Waals surface area (Å²) >= 11 is 9.09. The van der Waals surface area contributed by atoms with Crippen LogP contribution in [0.5, 0.6) is 5.75 Å². The van der Waals surface area contributed by atoms with Crippen molar-refractivity contribution in [3.63, 3.8) is 0 Å². The highest BCUT2D eigenvalue weighted by molar-refractivity contribution is 9.11. The van der Waals surface area contributed by atoms with E-state index in [0.29, 0.717) is 6.04 Å². The van der Waals surface area contributed by atoms with Crippen molar-refractivity contribution in [1.29, 1.82) is 0 Å². The van der Waals surface area contributed by atoms with Crippen LogP contribution in [0.4, 0.5) is 5.69 Å². The minimum absolute atomic E-state index is 0.566. The zero-order valence-corrected chi connectivity index (χ0v) is 13.6. The highest BCUT2D eigenvalue weighted by Crippen LogP contribution is 2.35. The second-order valence-corrected chi connectivity index (χ2v) is 6.88. The molecule has 1 aromatic carbocycles. The number of hydrogen-bond acceptors (Lipinski definition) is 3. The molecule has 17 heavy (non-hydrogen) atoms. The summed E-state index contributed by atoms with van der Waals surface area (Å²) < 4.78 is 7.36. The van der Waals surface area contributed by atoms with Crippen molar-refractivity contribution in [1.82, 2.24) is 0 Å². The normalized spacial score (nSPS) is 20.1. The van der Waals surface area contributed by atoms with E-state index in [2.05, 4.69) is 37.2 Å². The number of thioether (sulfide) groups is 1. The Morgan fingerprint density at radius 3 is 2.82 bits per heavy atom. The van der Waals surface area contributed by atoms with Crippen LogP contribution in [0.3, 0.4) is 0 Å². The Bertz CT molecular complexity index is 394. The van der Waals surface area contributed by atoms with E-state index in [1.807, 2.05) is 23.9 Å². The molecule has 1 aliphatic heterocycles. The van der Waals surface area contributed by atoms with E-state index in [9.17, 15) is 0 Å². The highest BCUT2D eigenvalue weighted by atomic mass is 79.9. The van der Waals surface area contributed by atoms with Crippen LogP contribution in [0.15, 0.2) is 21.1 Å². The number of anilines is 1. The molecule has 0 aromatic heterocycles. The van der Waals surface area contributed by atoms with Crippen molar-refractivity contribution in [3.8, 4) is 5.75 Å². The van der Waals surface area contributed by atoms with Gasteiger partial charge in [0.1, 0.15) is 5.75 Å². The molecule has 0 amide bonds. The van der Waals surface area contributed by atoms with E-state index in [1.54, 1.807) is 7.11 Å². The zero-order chi connectivity index (χ0) is 12.3. The molecule has 0 radical (unpaired) electrons. The predicted octanol–water partition coefficient (Wildman–Crippen LogP) is 4.53. The van der Waals surface area contributed by atoms with Crippen molar-refractivity contribution in [3.05, 3.63) is 21.1 Å². The molecular weight excluding hydrogens is 366 g/mol. The maximum Gasteiger partial charge on any atom is 0.135 e. The molecule has 0 spiro atoms. The first-order valence-corrected chi connectivity index (χ1v) is 8.32. The van der Waals surface area contributed by atoms with Crippen LogP contribution in [0.2, 0.25) is 0 Å². The minimum Gasteiger partial charge on any atom is -0.495 e. The third kappa shape index (κ3) is 3.55. The number of nitrogens with one attached hydrogen (secondary N) is 1. The van der Waals surface area contributed by atoms with Crippen molar-refractivity contribution in [2.45, 2.75) is 18.9 Å². The molecule has 1 fully saturated rings. The van der Waals surface area contributed by atoms with Crippen LogP contribution < -0.4 is 10.1 Å². The quantitative estimate of drug-likeness (QED) is 0.832. The summed E-state index contributed by atoms with van der Waals surface area (Å²) in [5, 5.41) is 3.58. The lowest BCUT2D eigenvalue weighted by Crippen LogP contribution is -2.25. The van der Waals surface area contributed by atoms with Gasteiger partial charge in [0.15, 0.2) is 0 Å². The number of ether oxygens (including phenoxy) is 1. The maximum absolute atomic E-state index is 5.32. The van der Waals surface area contributed by atoms with Crippen LogP contribution in [0.1, 0.15) is 12.8 Å². The first kappa shape index (κ1) is 13.6. The molecule has 0 aliphatic carbocycles. The van der Waals surface area contributed by atoms with Gasteiger partial charge in [0, 0.05) is 22.3 Å². The Morgan fingerprint density at radius 2 is 2.18 bits per heavy atom. The van der Waals surface area contributed by atoms with Crippen LogP contribution in [-0.2, 0) is 0 Å². The van der Waals surface area contributed by atoms with Crippen molar-refractivity contribution >= 4 is 49.3 Å². The Hall–Kier alpha value is 0.130. The molecule has 1 N–H and O–H groups in total. The molecule has 2 nitrogen and oxygen atoms in total. The van der Waals surface area contributed by atoms with Gasteiger partial charge in [-0.3, -0.25) is 0 Å². The molecule has 1 aliphatic rings. The zero-order valence-electron chi connectivity index (χ0n) is 9.63. The monoisotopic (exact) mass is 379 g/mol. The van der Waals surface area contributed by atoms with E-state index in [4.69, 9.17) is 4.74 Å². The van der Waals surface area contributed by atoms with E-state index in [1.165, 1.54) is 24.3 Å². The van der Waals surface area contributed by atoms with E-state index in [-0.39, 0.29) is 0 Å². The van der Waals surface area contributed by atoms with Crippen LogP contribution >= 0.6 is 43.6 Å². The van der Waals surface area contributed by atoms with Gasteiger partial charge in [0.2, 0.25) is 0 Å². The molecule has 1 saturated heterocycles. The molecule has 94 valence electrons. The van der Waals surface area contributed by atoms with Gasteiger partial charge >= 0.3 is 0 Å². The highest BCUT2D eigenvalue weighted by Gasteiger charge is 2.15. The van der Waals surface area contributed by atoms with Crippen LogP contribution in [-0.4, -0.2) is 24.7 Å². The molecule has 1 heterocycles. The van der Waals surface area contributed by atoms with Gasteiger partial charge in [0.05, 0.1) is 17.3 Å². The average Bonchev–Trinajstić information content (AvgIpc) is 2.34. The lowest BCUT2D eigenvalue weighted by Gasteiger charge is -2.24. The first-order valence-electron chi connectivity index (χ1n) is 5.58. The van der Waals surface area contributed by atoms with Gasteiger partial charge in [-0.15, -0.1) is 0 Å². The molecule has 5 heteroatoms. The summed E-state index contributed by atoms with van der Waals surface area (Å²) in [5.41, 5.74) is 1.11. The summed E-state index contributed by atoms with van der Waals surface area (Å²) in [6, 6.07) is 4.63. The summed E-state index contributed by atoms with van der Waals surface area (Å²) in [6.07, 6.45) is 2.55. The second-order valence-electron chi connectivity index (χ2n) is 4.03. The van der Waals surface area contributed by atoms with Crippen molar-refractivity contribution in [2.75, 3.05) is 23.9 Å². The lowest BCUT2D eigenvalue weighted by atomic mass is 10.1. The second kappa shape index (κ2) is 6.34. The molecular formula is C12H15Br2NOS. The fourth-order valence-electron chi connectivity index (χ4n) is 1.87. The van der Waals surface area contributed by atoms with Gasteiger partial charge in [0.25, 0.3) is 0 Å². The number of methoxy groups -OCH3 is 1. The molecule has 1 atom stereocenters. The summed E-state index contributed by atoms with van der Waals surface area (Å²) in [5.74, 6) is 3.34. The maximum atomic E-state index is 5.32. The Balaban J connectivity index is 2.13. The number of hydrogen-bond donors (Lipinski definition) is 1. The largest absolute Gasteiger partial charge is 0.495 e. The van der Waals surface area contributed by atoms with Gasteiger partial charge in [-0.2, -0.15) is 11.8 Å². The van der Waals surface area contributed by atoms with E-state index < -0.39 is 0 Å². The number of halogens is 2. The summed E-state index contributed by atoms with van der Waals surface area (Å²) in [6.45, 7) is 0.